The standard InChI is InChI=1S/C15H23NO3S/c1-5-19-14(18)15(2,3)16(4)13(17)10-6-8-12-9-7-11-20-12/h7,9,11H,5-6,8,10H2,1-4H3. The summed E-state index contributed by atoms with van der Waals surface area (Å²) in [6, 6.07) is 4.08. The van der Waals surface area contributed by atoms with Crippen LogP contribution < -0.4 is 0 Å². The van der Waals surface area contributed by atoms with Gasteiger partial charge in [-0.3, -0.25) is 4.79 Å². The molecule has 0 saturated carbocycles. The number of thiophene rings is 1. The number of aryl methyl sites for hydroxylation is 1. The van der Waals surface area contributed by atoms with Crippen molar-refractivity contribution >= 4 is 23.2 Å². The zero-order chi connectivity index (χ0) is 15.2. The number of ether oxygens (including phenoxy) is 1. The summed E-state index contributed by atoms with van der Waals surface area (Å²) in [6.07, 6.45) is 2.14. The number of carbonyl (C=O) groups excluding carboxylic acids is 2. The monoisotopic (exact) mass is 297 g/mol. The van der Waals surface area contributed by atoms with Gasteiger partial charge in [0.2, 0.25) is 5.91 Å². The first-order valence-electron chi connectivity index (χ1n) is 6.85. The van der Waals surface area contributed by atoms with Crippen LogP contribution in [0.5, 0.6) is 0 Å². The molecule has 4 nitrogen and oxygen atoms in total. The van der Waals surface area contributed by atoms with Gasteiger partial charge < -0.3 is 9.64 Å². The highest BCUT2D eigenvalue weighted by molar-refractivity contribution is 7.09. The fourth-order valence-corrected chi connectivity index (χ4v) is 2.54. The Labute approximate surface area is 124 Å². The third-order valence-corrected chi connectivity index (χ3v) is 4.32. The van der Waals surface area contributed by atoms with Crippen LogP contribution in [0.25, 0.3) is 0 Å². The Morgan fingerprint density at radius 2 is 2.10 bits per heavy atom. The molecule has 20 heavy (non-hydrogen) atoms. The molecule has 0 unspecified atom stereocenters. The van der Waals surface area contributed by atoms with Crippen LogP contribution in [0.3, 0.4) is 0 Å². The number of nitrogens with zero attached hydrogens (tertiary/aromatic N) is 1. The van der Waals surface area contributed by atoms with Crippen LogP contribution in [0.1, 0.15) is 38.5 Å². The molecule has 0 aromatic carbocycles. The van der Waals surface area contributed by atoms with Crippen molar-refractivity contribution in [1.29, 1.82) is 0 Å². The van der Waals surface area contributed by atoms with Gasteiger partial charge >= 0.3 is 5.97 Å². The van der Waals surface area contributed by atoms with E-state index in [-0.39, 0.29) is 11.9 Å². The van der Waals surface area contributed by atoms with Crippen molar-refractivity contribution in [2.24, 2.45) is 0 Å². The van der Waals surface area contributed by atoms with Crippen LogP contribution in [0.2, 0.25) is 0 Å². The maximum absolute atomic E-state index is 12.1. The summed E-state index contributed by atoms with van der Waals surface area (Å²) in [5, 5.41) is 2.03. The van der Waals surface area contributed by atoms with Gasteiger partial charge in [0.25, 0.3) is 0 Å². The molecule has 0 spiro atoms. The van der Waals surface area contributed by atoms with Crippen LogP contribution in [0, 0.1) is 0 Å². The number of hydrogen-bond donors (Lipinski definition) is 0. The van der Waals surface area contributed by atoms with E-state index in [0.29, 0.717) is 13.0 Å². The van der Waals surface area contributed by atoms with Gasteiger partial charge in [-0.1, -0.05) is 6.07 Å². The number of amides is 1. The van der Waals surface area contributed by atoms with Crippen LogP contribution >= 0.6 is 11.3 Å². The molecule has 0 atom stereocenters. The normalized spacial score (nSPS) is 11.2. The summed E-state index contributed by atoms with van der Waals surface area (Å²) in [4.78, 5) is 26.8. The largest absolute Gasteiger partial charge is 0.464 e. The van der Waals surface area contributed by atoms with Crippen molar-refractivity contribution in [3.63, 3.8) is 0 Å². The molecule has 112 valence electrons. The van der Waals surface area contributed by atoms with Crippen molar-refractivity contribution in [1.82, 2.24) is 4.90 Å². The highest BCUT2D eigenvalue weighted by Gasteiger charge is 2.36. The zero-order valence-electron chi connectivity index (χ0n) is 12.6. The second kappa shape index (κ2) is 7.43. The Morgan fingerprint density at radius 1 is 1.40 bits per heavy atom. The lowest BCUT2D eigenvalue weighted by atomic mass is 10.0. The average Bonchev–Trinajstić information content (AvgIpc) is 2.91. The summed E-state index contributed by atoms with van der Waals surface area (Å²) in [6.45, 7) is 5.50. The van der Waals surface area contributed by atoms with Crippen molar-refractivity contribution in [3.8, 4) is 0 Å². The second-order valence-electron chi connectivity index (χ2n) is 5.17. The van der Waals surface area contributed by atoms with E-state index in [1.165, 1.54) is 9.78 Å². The molecule has 0 fully saturated rings. The highest BCUT2D eigenvalue weighted by atomic mass is 32.1. The highest BCUT2D eigenvalue weighted by Crippen LogP contribution is 2.18. The van der Waals surface area contributed by atoms with E-state index in [0.717, 1.165) is 12.8 Å². The Balaban J connectivity index is 2.47. The van der Waals surface area contributed by atoms with Gasteiger partial charge in [0.15, 0.2) is 0 Å². The molecule has 0 radical (unpaired) electrons. The minimum atomic E-state index is -0.921. The molecule has 0 aliphatic heterocycles. The topological polar surface area (TPSA) is 46.6 Å². The SMILES string of the molecule is CCOC(=O)C(C)(C)N(C)C(=O)CCCc1cccs1. The molecule has 1 aromatic heterocycles. The molecular formula is C15H23NO3S. The fraction of sp³-hybridized carbons (Fsp3) is 0.600. The van der Waals surface area contributed by atoms with Gasteiger partial charge in [0.1, 0.15) is 5.54 Å². The van der Waals surface area contributed by atoms with Gasteiger partial charge in [0, 0.05) is 18.3 Å². The molecule has 0 saturated heterocycles. The Morgan fingerprint density at radius 3 is 2.65 bits per heavy atom. The van der Waals surface area contributed by atoms with E-state index < -0.39 is 5.54 Å². The molecule has 1 amide bonds. The lowest BCUT2D eigenvalue weighted by molar-refractivity contribution is -0.160. The van der Waals surface area contributed by atoms with Crippen molar-refractivity contribution < 1.29 is 14.3 Å². The third kappa shape index (κ3) is 4.34. The summed E-state index contributed by atoms with van der Waals surface area (Å²) < 4.78 is 5.01. The predicted octanol–water partition coefficient (Wildman–Crippen LogP) is 2.87. The molecule has 0 N–H and O–H groups in total. The van der Waals surface area contributed by atoms with E-state index in [1.54, 1.807) is 39.2 Å². The van der Waals surface area contributed by atoms with E-state index >= 15 is 0 Å². The lowest BCUT2D eigenvalue weighted by Gasteiger charge is -2.33. The van der Waals surface area contributed by atoms with Gasteiger partial charge in [-0.05, 0) is 45.1 Å². The molecule has 0 aliphatic carbocycles. The van der Waals surface area contributed by atoms with Crippen LogP contribution in [-0.4, -0.2) is 36.0 Å². The van der Waals surface area contributed by atoms with Crippen molar-refractivity contribution in [2.45, 2.75) is 45.6 Å². The van der Waals surface area contributed by atoms with Gasteiger partial charge in [-0.25, -0.2) is 4.79 Å². The van der Waals surface area contributed by atoms with Crippen LogP contribution in [0.4, 0.5) is 0 Å². The number of likely N-dealkylation sites (N-methyl/N-ethyl adjacent to an activating group) is 1. The molecule has 1 rings (SSSR count). The van der Waals surface area contributed by atoms with Gasteiger partial charge in [-0.15, -0.1) is 11.3 Å². The summed E-state index contributed by atoms with van der Waals surface area (Å²) in [5.74, 6) is -0.395. The first-order chi connectivity index (χ1) is 9.39. The summed E-state index contributed by atoms with van der Waals surface area (Å²) >= 11 is 1.70. The smallest absolute Gasteiger partial charge is 0.331 e. The Kier molecular flexibility index (Phi) is 6.20. The molecule has 1 heterocycles. The maximum Gasteiger partial charge on any atom is 0.331 e. The van der Waals surface area contributed by atoms with Gasteiger partial charge in [0.05, 0.1) is 6.61 Å². The van der Waals surface area contributed by atoms with E-state index in [9.17, 15) is 9.59 Å². The molecule has 1 aromatic rings. The lowest BCUT2D eigenvalue weighted by Crippen LogP contribution is -2.51. The Bertz CT molecular complexity index is 440. The zero-order valence-corrected chi connectivity index (χ0v) is 13.5. The van der Waals surface area contributed by atoms with Crippen LogP contribution in [-0.2, 0) is 20.7 Å². The number of esters is 1. The maximum atomic E-state index is 12.1. The quantitative estimate of drug-likeness (QED) is 0.727. The van der Waals surface area contributed by atoms with E-state index in [2.05, 4.69) is 6.07 Å². The minimum absolute atomic E-state index is 0.0281. The number of carbonyl (C=O) groups is 2. The second-order valence-corrected chi connectivity index (χ2v) is 6.20. The first-order valence-corrected chi connectivity index (χ1v) is 7.73. The Hall–Kier alpha value is -1.36. The summed E-state index contributed by atoms with van der Waals surface area (Å²) in [7, 11) is 1.66. The minimum Gasteiger partial charge on any atom is -0.464 e. The fourth-order valence-electron chi connectivity index (χ4n) is 1.79. The van der Waals surface area contributed by atoms with E-state index in [1.807, 2.05) is 11.4 Å². The third-order valence-electron chi connectivity index (χ3n) is 3.38. The molecule has 5 heteroatoms. The summed E-state index contributed by atoms with van der Waals surface area (Å²) in [5.41, 5.74) is -0.921. The van der Waals surface area contributed by atoms with E-state index in [4.69, 9.17) is 4.74 Å². The average molecular weight is 297 g/mol. The predicted molar refractivity (Wildman–Crippen MR) is 80.7 cm³/mol. The van der Waals surface area contributed by atoms with Gasteiger partial charge in [-0.2, -0.15) is 0 Å². The molecule has 0 aliphatic rings. The molecule has 0 bridgehead atoms. The van der Waals surface area contributed by atoms with Crippen molar-refractivity contribution in [2.75, 3.05) is 13.7 Å². The number of hydrogen-bond acceptors (Lipinski definition) is 4. The number of rotatable bonds is 7. The first kappa shape index (κ1) is 16.7. The van der Waals surface area contributed by atoms with Crippen LogP contribution in [0.15, 0.2) is 17.5 Å². The van der Waals surface area contributed by atoms with Crippen molar-refractivity contribution in [3.05, 3.63) is 22.4 Å². The molecular weight excluding hydrogens is 274 g/mol.